The summed E-state index contributed by atoms with van der Waals surface area (Å²) in [5, 5.41) is 10.4. The molecule has 0 aliphatic heterocycles. The predicted molar refractivity (Wildman–Crippen MR) is 57.2 cm³/mol. The highest BCUT2D eigenvalue weighted by Gasteiger charge is 2.14. The highest BCUT2D eigenvalue weighted by atomic mass is 32.2. The lowest BCUT2D eigenvalue weighted by Gasteiger charge is -2.04. The number of nitro benzene ring substituents is 1. The number of nitro groups is 1. The summed E-state index contributed by atoms with van der Waals surface area (Å²) in [5.41, 5.74) is -0.155. The van der Waals surface area contributed by atoms with E-state index in [0.717, 1.165) is 12.1 Å². The quantitative estimate of drug-likeness (QED) is 0.615. The summed E-state index contributed by atoms with van der Waals surface area (Å²) < 4.78 is 25.3. The normalized spacial score (nSPS) is 11.3. The minimum Gasteiger partial charge on any atom is -0.258 e. The maximum absolute atomic E-state index is 11.5. The minimum atomic E-state index is -3.62. The molecule has 86 valence electrons. The van der Waals surface area contributed by atoms with Crippen molar-refractivity contribution in [1.82, 2.24) is 4.72 Å². The molecule has 0 amide bonds. The Labute approximate surface area is 93.5 Å². The smallest absolute Gasteiger partial charge is 0.258 e. The van der Waals surface area contributed by atoms with Crippen molar-refractivity contribution < 1.29 is 13.3 Å². The van der Waals surface area contributed by atoms with Crippen molar-refractivity contribution in [2.45, 2.75) is 11.3 Å². The van der Waals surface area contributed by atoms with Gasteiger partial charge in [-0.2, -0.15) is 0 Å². The van der Waals surface area contributed by atoms with Crippen molar-refractivity contribution in [3.63, 3.8) is 0 Å². The largest absolute Gasteiger partial charge is 0.269 e. The number of sulfonamides is 1. The Hall–Kier alpha value is -1.47. The molecule has 1 rings (SSSR count). The van der Waals surface area contributed by atoms with Gasteiger partial charge in [-0.05, 0) is 25.5 Å². The average molecular weight is 242 g/mol. The van der Waals surface area contributed by atoms with Gasteiger partial charge in [0.2, 0.25) is 10.0 Å². The zero-order valence-corrected chi connectivity index (χ0v) is 9.11. The van der Waals surface area contributed by atoms with E-state index in [-0.39, 0.29) is 23.5 Å². The number of benzene rings is 1. The fraction of sp³-hybridized carbons (Fsp3) is 0.222. The van der Waals surface area contributed by atoms with Crippen LogP contribution in [-0.2, 0) is 10.0 Å². The first kappa shape index (κ1) is 12.6. The van der Waals surface area contributed by atoms with Crippen LogP contribution in [0.2, 0.25) is 0 Å². The van der Waals surface area contributed by atoms with Crippen LogP contribution in [0.1, 0.15) is 6.42 Å². The van der Waals surface area contributed by atoms with Crippen LogP contribution >= 0.6 is 0 Å². The van der Waals surface area contributed by atoms with Crippen molar-refractivity contribution in [3.8, 4) is 0 Å². The molecule has 0 fully saturated rings. The molecule has 0 unspecified atom stereocenters. The van der Waals surface area contributed by atoms with Crippen molar-refractivity contribution >= 4 is 15.7 Å². The average Bonchev–Trinajstić information content (AvgIpc) is 2.26. The van der Waals surface area contributed by atoms with Crippen LogP contribution in [0.25, 0.3) is 0 Å². The number of hydrogen-bond acceptors (Lipinski definition) is 4. The van der Waals surface area contributed by atoms with E-state index in [1.165, 1.54) is 12.1 Å². The van der Waals surface area contributed by atoms with Crippen LogP contribution in [0.5, 0.6) is 0 Å². The number of hydrogen-bond donors (Lipinski definition) is 1. The van der Waals surface area contributed by atoms with E-state index in [0.29, 0.717) is 0 Å². The third-order valence-electron chi connectivity index (χ3n) is 1.79. The Morgan fingerprint density at radius 1 is 1.31 bits per heavy atom. The van der Waals surface area contributed by atoms with Crippen LogP contribution in [0, 0.1) is 17.0 Å². The summed E-state index contributed by atoms with van der Waals surface area (Å²) in [5.74, 6) is 0. The topological polar surface area (TPSA) is 89.3 Å². The summed E-state index contributed by atoms with van der Waals surface area (Å²) in [6, 6.07) is 4.63. The highest BCUT2D eigenvalue weighted by molar-refractivity contribution is 7.89. The molecule has 0 heterocycles. The molecule has 6 nitrogen and oxygen atoms in total. The summed E-state index contributed by atoms with van der Waals surface area (Å²) >= 11 is 0. The van der Waals surface area contributed by atoms with E-state index >= 15 is 0 Å². The van der Waals surface area contributed by atoms with E-state index in [9.17, 15) is 18.5 Å². The first-order chi connectivity index (χ1) is 7.47. The van der Waals surface area contributed by atoms with Crippen LogP contribution in [-0.4, -0.2) is 19.9 Å². The SMILES string of the molecule is [CH]CCNS(=O)(=O)c1ccc([N+](=O)[O-])cc1. The third kappa shape index (κ3) is 3.01. The van der Waals surface area contributed by atoms with Crippen molar-refractivity contribution in [1.29, 1.82) is 0 Å². The Kier molecular flexibility index (Phi) is 3.97. The van der Waals surface area contributed by atoms with E-state index in [2.05, 4.69) is 4.72 Å². The Balaban J connectivity index is 2.93. The molecule has 0 aliphatic rings. The zero-order chi connectivity index (χ0) is 12.2. The fourth-order valence-corrected chi connectivity index (χ4v) is 2.07. The Morgan fingerprint density at radius 3 is 2.31 bits per heavy atom. The first-order valence-electron chi connectivity index (χ1n) is 4.41. The zero-order valence-electron chi connectivity index (χ0n) is 8.29. The van der Waals surface area contributed by atoms with Crippen LogP contribution < -0.4 is 4.72 Å². The van der Waals surface area contributed by atoms with Gasteiger partial charge < -0.3 is 0 Å². The molecule has 2 radical (unpaired) electrons. The molecule has 16 heavy (non-hydrogen) atoms. The van der Waals surface area contributed by atoms with Crippen LogP contribution in [0.4, 0.5) is 5.69 Å². The Morgan fingerprint density at radius 2 is 1.88 bits per heavy atom. The van der Waals surface area contributed by atoms with Gasteiger partial charge in [-0.25, -0.2) is 13.1 Å². The van der Waals surface area contributed by atoms with E-state index in [4.69, 9.17) is 6.92 Å². The number of non-ortho nitro benzene ring substituents is 1. The second kappa shape index (κ2) is 5.04. The number of nitrogens with zero attached hydrogens (tertiary/aromatic N) is 1. The minimum absolute atomic E-state index is 0.0217. The van der Waals surface area contributed by atoms with Gasteiger partial charge in [-0.15, -0.1) is 0 Å². The second-order valence-electron chi connectivity index (χ2n) is 2.94. The number of nitrogens with one attached hydrogen (secondary N) is 1. The van der Waals surface area contributed by atoms with Gasteiger partial charge in [-0.3, -0.25) is 10.1 Å². The second-order valence-corrected chi connectivity index (χ2v) is 4.70. The maximum Gasteiger partial charge on any atom is 0.269 e. The molecular formula is C9H10N2O4S. The molecule has 0 atom stereocenters. The van der Waals surface area contributed by atoms with Gasteiger partial charge in [0.05, 0.1) is 9.82 Å². The van der Waals surface area contributed by atoms with Crippen LogP contribution in [0.3, 0.4) is 0 Å². The first-order valence-corrected chi connectivity index (χ1v) is 5.90. The molecule has 1 N–H and O–H groups in total. The van der Waals surface area contributed by atoms with Crippen molar-refractivity contribution in [2.75, 3.05) is 6.54 Å². The third-order valence-corrected chi connectivity index (χ3v) is 3.27. The van der Waals surface area contributed by atoms with Gasteiger partial charge in [0.25, 0.3) is 5.69 Å². The molecule has 0 aliphatic carbocycles. The van der Waals surface area contributed by atoms with Gasteiger partial charge in [0, 0.05) is 18.7 Å². The molecular weight excluding hydrogens is 232 g/mol. The highest BCUT2D eigenvalue weighted by Crippen LogP contribution is 2.15. The summed E-state index contributed by atoms with van der Waals surface area (Å²) in [4.78, 5) is 9.74. The predicted octanol–water partition coefficient (Wildman–Crippen LogP) is 0.974. The van der Waals surface area contributed by atoms with E-state index in [1.807, 2.05) is 0 Å². The lowest BCUT2D eigenvalue weighted by atomic mass is 10.3. The molecule has 7 heteroatoms. The fourth-order valence-electron chi connectivity index (χ4n) is 1.02. The molecule has 1 aromatic carbocycles. The molecule has 0 bridgehead atoms. The molecule has 0 saturated heterocycles. The number of rotatable bonds is 5. The maximum atomic E-state index is 11.5. The van der Waals surface area contributed by atoms with Gasteiger partial charge in [0.1, 0.15) is 0 Å². The molecule has 1 aromatic rings. The molecule has 0 saturated carbocycles. The summed E-state index contributed by atoms with van der Waals surface area (Å²) in [6.07, 6.45) is 0.187. The molecule has 0 spiro atoms. The summed E-state index contributed by atoms with van der Waals surface area (Å²) in [6.45, 7) is 5.29. The van der Waals surface area contributed by atoms with E-state index in [1.54, 1.807) is 0 Å². The molecule has 0 aromatic heterocycles. The van der Waals surface area contributed by atoms with Crippen molar-refractivity contribution in [3.05, 3.63) is 41.3 Å². The van der Waals surface area contributed by atoms with Crippen molar-refractivity contribution in [2.24, 2.45) is 0 Å². The van der Waals surface area contributed by atoms with Gasteiger partial charge >= 0.3 is 0 Å². The Bertz CT molecular complexity index is 467. The van der Waals surface area contributed by atoms with Gasteiger partial charge in [0.15, 0.2) is 0 Å². The summed E-state index contributed by atoms with van der Waals surface area (Å²) in [7, 11) is -3.62. The standard InChI is InChI=1S/C9H10N2O4S/c1-2-7-10-16(14,15)9-5-3-8(4-6-9)11(12)13/h1,3-6,10H,2,7H2. The monoisotopic (exact) mass is 242 g/mol. The lowest BCUT2D eigenvalue weighted by Crippen LogP contribution is -2.24. The lowest BCUT2D eigenvalue weighted by molar-refractivity contribution is -0.384. The van der Waals surface area contributed by atoms with Crippen LogP contribution in [0.15, 0.2) is 29.2 Å². The van der Waals surface area contributed by atoms with Gasteiger partial charge in [-0.1, -0.05) is 0 Å². The van der Waals surface area contributed by atoms with E-state index < -0.39 is 14.9 Å².